The van der Waals surface area contributed by atoms with Crippen molar-refractivity contribution in [3.63, 3.8) is 0 Å². The van der Waals surface area contributed by atoms with Gasteiger partial charge in [-0.15, -0.1) is 0 Å². The van der Waals surface area contributed by atoms with Crippen LogP contribution in [-0.4, -0.2) is 44.3 Å². The van der Waals surface area contributed by atoms with Crippen molar-refractivity contribution < 1.29 is 19.4 Å². The Bertz CT molecular complexity index is 1260. The Morgan fingerprint density at radius 3 is 2.34 bits per heavy atom. The molecular formula is C26H25IN4O4. The predicted octanol–water partition coefficient (Wildman–Crippen LogP) is 3.99. The second-order valence-electron chi connectivity index (χ2n) is 7.62. The number of methoxy groups -OCH3 is 1. The minimum atomic E-state index is -0.595. The van der Waals surface area contributed by atoms with Crippen LogP contribution >= 0.6 is 22.6 Å². The summed E-state index contributed by atoms with van der Waals surface area (Å²) in [5, 5.41) is 16.7. The first-order valence-corrected chi connectivity index (χ1v) is 11.6. The molecule has 0 aliphatic rings. The predicted molar refractivity (Wildman–Crippen MR) is 146 cm³/mol. The van der Waals surface area contributed by atoms with Crippen molar-refractivity contribution in [3.05, 3.63) is 92.7 Å². The molecule has 0 radical (unpaired) electrons. The van der Waals surface area contributed by atoms with Crippen molar-refractivity contribution in [3.8, 4) is 11.5 Å². The highest BCUT2D eigenvalue weighted by Gasteiger charge is 2.14. The second-order valence-corrected chi connectivity index (χ2v) is 8.78. The zero-order valence-corrected chi connectivity index (χ0v) is 21.6. The number of hydrogen-bond acceptors (Lipinski definition) is 6. The van der Waals surface area contributed by atoms with E-state index in [-0.39, 0.29) is 11.4 Å². The van der Waals surface area contributed by atoms with Crippen molar-refractivity contribution in [1.29, 1.82) is 0 Å². The molecule has 0 bridgehead atoms. The number of hydrogen-bond donors (Lipinski definition) is 3. The Hall–Kier alpha value is -3.86. The lowest BCUT2D eigenvalue weighted by atomic mass is 10.1. The molecule has 35 heavy (non-hydrogen) atoms. The molecule has 2 amide bonds. The summed E-state index contributed by atoms with van der Waals surface area (Å²) in [6.07, 6.45) is 3.00. The fourth-order valence-electron chi connectivity index (χ4n) is 3.03. The molecule has 3 rings (SSSR count). The molecule has 0 aliphatic heterocycles. The average molecular weight is 584 g/mol. The van der Waals surface area contributed by atoms with E-state index < -0.39 is 11.8 Å². The van der Waals surface area contributed by atoms with Crippen LogP contribution < -0.4 is 20.4 Å². The molecule has 3 aromatic carbocycles. The molecule has 0 saturated carbocycles. The number of rotatable bonds is 8. The number of nitrogens with one attached hydrogen (secondary N) is 2. The minimum Gasteiger partial charge on any atom is -0.504 e. The molecule has 3 N–H and O–H groups in total. The highest BCUT2D eigenvalue weighted by molar-refractivity contribution is 14.1. The number of halogens is 1. The van der Waals surface area contributed by atoms with Crippen LogP contribution in [0.2, 0.25) is 0 Å². The molecule has 8 nitrogen and oxygen atoms in total. The van der Waals surface area contributed by atoms with Gasteiger partial charge in [0.25, 0.3) is 11.8 Å². The Morgan fingerprint density at radius 1 is 1.03 bits per heavy atom. The number of hydrazone groups is 1. The maximum Gasteiger partial charge on any atom is 0.287 e. The number of benzene rings is 3. The average Bonchev–Trinajstić information content (AvgIpc) is 2.86. The molecule has 9 heteroatoms. The number of carbonyl (C=O) groups excluding carboxylic acids is 2. The fourth-order valence-corrected chi connectivity index (χ4v) is 3.65. The number of aromatic hydroxyl groups is 1. The molecular weight excluding hydrogens is 559 g/mol. The van der Waals surface area contributed by atoms with Crippen molar-refractivity contribution in [1.82, 2.24) is 10.7 Å². The Labute approximate surface area is 217 Å². The van der Waals surface area contributed by atoms with Crippen LogP contribution in [0.15, 0.2) is 77.5 Å². The summed E-state index contributed by atoms with van der Waals surface area (Å²) in [4.78, 5) is 27.6. The van der Waals surface area contributed by atoms with E-state index in [1.165, 1.54) is 13.3 Å². The first kappa shape index (κ1) is 25.8. The monoisotopic (exact) mass is 584 g/mol. The van der Waals surface area contributed by atoms with E-state index in [1.807, 2.05) is 65.9 Å². The zero-order valence-electron chi connectivity index (χ0n) is 19.4. The summed E-state index contributed by atoms with van der Waals surface area (Å²) in [5.74, 6) is -0.689. The van der Waals surface area contributed by atoms with Gasteiger partial charge >= 0.3 is 0 Å². The van der Waals surface area contributed by atoms with Crippen molar-refractivity contribution in [2.24, 2.45) is 5.10 Å². The molecule has 0 unspecified atom stereocenters. The van der Waals surface area contributed by atoms with Gasteiger partial charge in [0.05, 0.1) is 16.9 Å². The van der Waals surface area contributed by atoms with Gasteiger partial charge in [-0.2, -0.15) is 5.10 Å². The van der Waals surface area contributed by atoms with Gasteiger partial charge in [0.1, 0.15) is 5.70 Å². The molecule has 0 spiro atoms. The van der Waals surface area contributed by atoms with Gasteiger partial charge in [0, 0.05) is 25.3 Å². The molecule has 0 atom stereocenters. The lowest BCUT2D eigenvalue weighted by Crippen LogP contribution is -2.32. The fraction of sp³-hybridized carbons (Fsp3) is 0.115. The van der Waals surface area contributed by atoms with Gasteiger partial charge in [-0.3, -0.25) is 9.59 Å². The van der Waals surface area contributed by atoms with Crippen LogP contribution in [0, 0.1) is 3.57 Å². The molecule has 0 aromatic heterocycles. The summed E-state index contributed by atoms with van der Waals surface area (Å²) < 4.78 is 5.72. The number of ether oxygens (including phenoxy) is 1. The van der Waals surface area contributed by atoms with Gasteiger partial charge < -0.3 is 20.1 Å². The number of phenolic OH excluding ortho intramolecular Hbond substituents is 1. The maximum atomic E-state index is 12.9. The van der Waals surface area contributed by atoms with E-state index in [4.69, 9.17) is 4.74 Å². The minimum absolute atomic E-state index is 0.0309. The van der Waals surface area contributed by atoms with Crippen LogP contribution in [0.4, 0.5) is 5.69 Å². The molecule has 0 saturated heterocycles. The normalized spacial score (nSPS) is 11.3. The third-order valence-electron chi connectivity index (χ3n) is 4.90. The highest BCUT2D eigenvalue weighted by Crippen LogP contribution is 2.31. The van der Waals surface area contributed by atoms with E-state index in [2.05, 4.69) is 15.8 Å². The van der Waals surface area contributed by atoms with Crippen LogP contribution in [0.25, 0.3) is 6.08 Å². The van der Waals surface area contributed by atoms with E-state index in [0.717, 1.165) is 11.3 Å². The quantitative estimate of drug-likeness (QED) is 0.161. The van der Waals surface area contributed by atoms with E-state index in [1.54, 1.807) is 48.5 Å². The van der Waals surface area contributed by atoms with Gasteiger partial charge in [-0.25, -0.2) is 5.43 Å². The summed E-state index contributed by atoms with van der Waals surface area (Å²) in [5.41, 5.74) is 5.25. The topological polar surface area (TPSA) is 103 Å². The summed E-state index contributed by atoms with van der Waals surface area (Å²) in [7, 11) is 5.32. The van der Waals surface area contributed by atoms with E-state index in [0.29, 0.717) is 20.4 Å². The van der Waals surface area contributed by atoms with E-state index >= 15 is 0 Å². The van der Waals surface area contributed by atoms with Crippen molar-refractivity contribution >= 4 is 52.4 Å². The SMILES string of the molecule is COc1cc(/C=N\NC(=O)/C(=C\c2ccc(N(C)C)cc2)NC(=O)c2ccccc2)cc(I)c1O. The zero-order chi connectivity index (χ0) is 25.4. The number of phenols is 1. The van der Waals surface area contributed by atoms with E-state index in [9.17, 15) is 14.7 Å². The maximum absolute atomic E-state index is 12.9. The number of amides is 2. The van der Waals surface area contributed by atoms with Crippen LogP contribution in [0.3, 0.4) is 0 Å². The Morgan fingerprint density at radius 2 is 1.71 bits per heavy atom. The number of anilines is 1. The first-order valence-electron chi connectivity index (χ1n) is 10.5. The van der Waals surface area contributed by atoms with Gasteiger partial charge in [-0.05, 0) is 76.2 Å². The van der Waals surface area contributed by atoms with Crippen LogP contribution in [-0.2, 0) is 4.79 Å². The van der Waals surface area contributed by atoms with Crippen LogP contribution in [0.1, 0.15) is 21.5 Å². The smallest absolute Gasteiger partial charge is 0.287 e. The van der Waals surface area contributed by atoms with Crippen molar-refractivity contribution in [2.45, 2.75) is 0 Å². The molecule has 180 valence electrons. The number of carbonyl (C=O) groups is 2. The third kappa shape index (κ3) is 7.06. The molecule has 3 aromatic rings. The summed E-state index contributed by atoms with van der Waals surface area (Å²) in [6.45, 7) is 0. The Balaban J connectivity index is 1.83. The van der Waals surface area contributed by atoms with Crippen LogP contribution in [0.5, 0.6) is 11.5 Å². The number of nitrogens with zero attached hydrogens (tertiary/aromatic N) is 2. The standard InChI is InChI=1S/C26H25IN4O4/c1-31(2)20-11-9-17(10-12-20)14-22(29-25(33)19-7-5-4-6-8-19)26(34)30-28-16-18-13-21(27)24(32)23(15-18)35-3/h4-16,32H,1-3H3,(H,29,33)(H,30,34)/b22-14+,28-16-. The third-order valence-corrected chi connectivity index (χ3v) is 5.72. The lowest BCUT2D eigenvalue weighted by Gasteiger charge is -2.12. The lowest BCUT2D eigenvalue weighted by molar-refractivity contribution is -0.117. The first-order chi connectivity index (χ1) is 16.8. The molecule has 0 aliphatic carbocycles. The Kier molecular flexibility index (Phi) is 8.85. The second kappa shape index (κ2) is 12.0. The summed E-state index contributed by atoms with van der Waals surface area (Å²) in [6, 6.07) is 19.4. The highest BCUT2D eigenvalue weighted by atomic mass is 127. The largest absolute Gasteiger partial charge is 0.504 e. The van der Waals surface area contributed by atoms with Gasteiger partial charge in [0.2, 0.25) is 0 Å². The molecule has 0 fully saturated rings. The van der Waals surface area contributed by atoms with Gasteiger partial charge in [-0.1, -0.05) is 30.3 Å². The van der Waals surface area contributed by atoms with Crippen molar-refractivity contribution in [2.75, 3.05) is 26.1 Å². The van der Waals surface area contributed by atoms with Gasteiger partial charge in [0.15, 0.2) is 11.5 Å². The summed E-state index contributed by atoms with van der Waals surface area (Å²) >= 11 is 1.97. The molecule has 0 heterocycles.